The lowest BCUT2D eigenvalue weighted by Crippen LogP contribution is -2.55. The zero-order valence-electron chi connectivity index (χ0n) is 37.5. The summed E-state index contributed by atoms with van der Waals surface area (Å²) in [5.74, 6) is -1.81. The second kappa shape index (κ2) is 25.1. The highest BCUT2D eigenvalue weighted by Crippen LogP contribution is 2.38. The van der Waals surface area contributed by atoms with Crippen LogP contribution in [0.5, 0.6) is 0 Å². The number of para-hydroxylation sites is 3. The summed E-state index contributed by atoms with van der Waals surface area (Å²) in [4.78, 5) is 90.4. The van der Waals surface area contributed by atoms with Crippen molar-refractivity contribution in [2.75, 3.05) is 88.8 Å². The molecule has 0 aliphatic carbocycles. The smallest absolute Gasteiger partial charge is 0.257 e. The fourth-order valence-electron chi connectivity index (χ4n) is 8.52. The highest BCUT2D eigenvalue weighted by molar-refractivity contribution is 6.18. The van der Waals surface area contributed by atoms with Crippen LogP contribution in [0.25, 0.3) is 0 Å². The lowest BCUT2D eigenvalue weighted by atomic mass is 9.92. The molecular formula is C45H69N13O6. The Morgan fingerprint density at radius 3 is 2.12 bits per heavy atom. The van der Waals surface area contributed by atoms with E-state index in [4.69, 9.17) is 17.2 Å². The Labute approximate surface area is 376 Å². The van der Waals surface area contributed by atoms with E-state index in [9.17, 15) is 28.8 Å². The molecule has 3 aliphatic rings. The number of benzene rings is 2. The third kappa shape index (κ3) is 15.1. The quantitative estimate of drug-likeness (QED) is 0.0454. The number of likely N-dealkylation sites (tertiary alicyclic amines) is 1. The molecule has 2 saturated heterocycles. The Kier molecular flexibility index (Phi) is 19.5. The van der Waals surface area contributed by atoms with Crippen LogP contribution in [-0.4, -0.2) is 153 Å². The van der Waals surface area contributed by atoms with Crippen LogP contribution in [0, 0.1) is 5.92 Å². The average molecular weight is 888 g/mol. The molecule has 2 fully saturated rings. The van der Waals surface area contributed by atoms with E-state index in [0.29, 0.717) is 67.4 Å². The van der Waals surface area contributed by atoms with Crippen LogP contribution in [0.1, 0.15) is 75.6 Å². The molecule has 3 atom stereocenters. The minimum absolute atomic E-state index is 0.0277. The zero-order chi connectivity index (χ0) is 46.0. The lowest BCUT2D eigenvalue weighted by Gasteiger charge is -2.36. The minimum Gasteiger partial charge on any atom is -0.370 e. The number of nitrogens with two attached hydrogens (primary N) is 3. The van der Waals surface area contributed by atoms with Gasteiger partial charge in [0.15, 0.2) is 5.96 Å². The summed E-state index contributed by atoms with van der Waals surface area (Å²) in [5, 5.41) is 13.9. The van der Waals surface area contributed by atoms with E-state index in [1.165, 1.54) is 13.8 Å². The third-order valence-corrected chi connectivity index (χ3v) is 12.1. The van der Waals surface area contributed by atoms with Crippen molar-refractivity contribution in [2.45, 2.75) is 83.3 Å². The molecule has 3 aliphatic heterocycles. The monoisotopic (exact) mass is 888 g/mol. The number of hydrogen-bond acceptors (Lipinski definition) is 12. The van der Waals surface area contributed by atoms with Gasteiger partial charge in [0.05, 0.1) is 35.2 Å². The number of carbonyl (C=O) groups is 6. The van der Waals surface area contributed by atoms with Crippen molar-refractivity contribution in [3.05, 3.63) is 54.1 Å². The number of nitrogens with one attached hydrogen (secondary N) is 5. The molecule has 0 radical (unpaired) electrons. The van der Waals surface area contributed by atoms with E-state index in [1.807, 2.05) is 42.5 Å². The van der Waals surface area contributed by atoms with Gasteiger partial charge in [0.25, 0.3) is 5.91 Å². The van der Waals surface area contributed by atoms with Gasteiger partial charge in [-0.25, -0.2) is 0 Å². The fourth-order valence-corrected chi connectivity index (χ4v) is 8.52. The van der Waals surface area contributed by atoms with Gasteiger partial charge in [-0.2, -0.15) is 0 Å². The molecule has 64 heavy (non-hydrogen) atoms. The first-order valence-electron chi connectivity index (χ1n) is 22.7. The molecule has 19 nitrogen and oxygen atoms in total. The molecule has 2 aromatic carbocycles. The van der Waals surface area contributed by atoms with Gasteiger partial charge in [-0.1, -0.05) is 24.3 Å². The standard InChI is InChI=1S/C45H69N13O6/c1-31(41(61)54-44(64)37(13-7-19-46)52-32(2)59)51-43(63)36(14-8-20-50-45(47)48)49-21-25-56-28-26-55(27-29-56)22-9-10-33-17-23-57(24-18-33)30-40(60)58-38-15-5-3-11-34(38)42(62)53-35-12-4-6-16-39(35)58/h3-6,11-12,15-16,31,33,36-37,49H,7-10,13-14,17-30,46H2,1-2H3,(H,51,63)(H,52,59)(H,53,62)(H4,47,48,50)(H,54,61,64)/t31-,36-,37-/m0/s1. The second-order valence-electron chi connectivity index (χ2n) is 17.0. The first kappa shape index (κ1) is 49.5. The molecule has 5 rings (SSSR count). The largest absolute Gasteiger partial charge is 0.370 e. The summed E-state index contributed by atoms with van der Waals surface area (Å²) >= 11 is 0. The number of hydrogen-bond donors (Lipinski definition) is 8. The molecule has 3 heterocycles. The maximum atomic E-state index is 13.9. The van der Waals surface area contributed by atoms with E-state index < -0.39 is 35.8 Å². The molecule has 2 aromatic rings. The Morgan fingerprint density at radius 1 is 0.781 bits per heavy atom. The Hall–Kier alpha value is -5.47. The predicted octanol–water partition coefficient (Wildman–Crippen LogP) is 0.430. The summed E-state index contributed by atoms with van der Waals surface area (Å²) in [6, 6.07) is 12.2. The molecule has 0 saturated carbocycles. The third-order valence-electron chi connectivity index (χ3n) is 12.1. The summed E-state index contributed by atoms with van der Waals surface area (Å²) in [6.45, 7) is 11.6. The summed E-state index contributed by atoms with van der Waals surface area (Å²) in [5.41, 5.74) is 18.9. The number of anilines is 3. The Balaban J connectivity index is 0.997. The van der Waals surface area contributed by atoms with Gasteiger partial charge in [0.2, 0.25) is 29.5 Å². The van der Waals surface area contributed by atoms with Crippen molar-refractivity contribution < 1.29 is 28.8 Å². The van der Waals surface area contributed by atoms with Crippen molar-refractivity contribution in [3.8, 4) is 0 Å². The molecule has 11 N–H and O–H groups in total. The number of amides is 6. The number of piperazine rings is 1. The molecule has 0 unspecified atom stereocenters. The highest BCUT2D eigenvalue weighted by atomic mass is 16.2. The van der Waals surface area contributed by atoms with Crippen LogP contribution in [-0.2, 0) is 24.0 Å². The molecule has 0 aromatic heterocycles. The number of aliphatic imine (C=N–C) groups is 1. The number of carbonyl (C=O) groups excluding carboxylic acids is 6. The van der Waals surface area contributed by atoms with Crippen LogP contribution in [0.15, 0.2) is 53.5 Å². The Bertz CT molecular complexity index is 1930. The normalized spacial score (nSPS) is 17.4. The van der Waals surface area contributed by atoms with Crippen LogP contribution in [0.4, 0.5) is 17.1 Å². The van der Waals surface area contributed by atoms with Crippen molar-refractivity contribution in [1.82, 2.24) is 36.0 Å². The lowest BCUT2D eigenvalue weighted by molar-refractivity contribution is -0.136. The van der Waals surface area contributed by atoms with Crippen molar-refractivity contribution in [3.63, 3.8) is 0 Å². The van der Waals surface area contributed by atoms with Gasteiger partial charge in [-0.3, -0.25) is 53.8 Å². The SMILES string of the molecule is CC(=O)N[C@@H](CCCN)C(=O)NC(=O)[C@H](C)NC(=O)[C@H](CCCN=C(N)N)NCCN1CCN(CCCC2CCN(CC(=O)N3c4ccccc4NC(=O)c4ccccc43)CC2)CC1. The zero-order valence-corrected chi connectivity index (χ0v) is 37.5. The maximum Gasteiger partial charge on any atom is 0.257 e. The number of piperidine rings is 1. The van der Waals surface area contributed by atoms with Crippen molar-refractivity contribution in [1.29, 1.82) is 0 Å². The number of rotatable bonds is 22. The van der Waals surface area contributed by atoms with Gasteiger partial charge in [0, 0.05) is 52.7 Å². The van der Waals surface area contributed by atoms with Gasteiger partial charge in [-0.05, 0) is 115 Å². The van der Waals surface area contributed by atoms with E-state index in [2.05, 4.69) is 46.3 Å². The van der Waals surface area contributed by atoms with Gasteiger partial charge in [0.1, 0.15) is 12.1 Å². The molecule has 0 spiro atoms. The number of fused-ring (bicyclic) bond motifs is 2. The predicted molar refractivity (Wildman–Crippen MR) is 248 cm³/mol. The first-order valence-corrected chi connectivity index (χ1v) is 22.7. The maximum absolute atomic E-state index is 13.9. The van der Waals surface area contributed by atoms with E-state index in [1.54, 1.807) is 11.0 Å². The van der Waals surface area contributed by atoms with Crippen LogP contribution in [0.2, 0.25) is 0 Å². The van der Waals surface area contributed by atoms with Crippen LogP contribution < -0.4 is 48.7 Å². The second-order valence-corrected chi connectivity index (χ2v) is 17.0. The number of guanidine groups is 1. The van der Waals surface area contributed by atoms with E-state index in [-0.39, 0.29) is 36.6 Å². The molecule has 19 heteroatoms. The Morgan fingerprint density at radius 2 is 1.44 bits per heavy atom. The van der Waals surface area contributed by atoms with Crippen molar-refractivity contribution in [2.24, 2.45) is 28.1 Å². The summed E-state index contributed by atoms with van der Waals surface area (Å²) in [6.07, 6.45) is 6.10. The van der Waals surface area contributed by atoms with Crippen molar-refractivity contribution >= 4 is 58.5 Å². The minimum atomic E-state index is -1.01. The topological polar surface area (TPSA) is 266 Å². The molecule has 350 valence electrons. The highest BCUT2D eigenvalue weighted by Gasteiger charge is 2.32. The molecular weight excluding hydrogens is 819 g/mol. The number of nitrogens with zero attached hydrogens (tertiary/aromatic N) is 5. The number of imide groups is 1. The van der Waals surface area contributed by atoms with Crippen LogP contribution in [0.3, 0.4) is 0 Å². The first-order chi connectivity index (χ1) is 30.8. The molecule has 6 amide bonds. The summed E-state index contributed by atoms with van der Waals surface area (Å²) < 4.78 is 0. The van der Waals surface area contributed by atoms with E-state index >= 15 is 0 Å². The molecule has 0 bridgehead atoms. The fraction of sp³-hybridized carbons (Fsp3) is 0.578. The average Bonchev–Trinajstić information content (AvgIpc) is 3.40. The van der Waals surface area contributed by atoms with Gasteiger partial charge in [-0.15, -0.1) is 0 Å². The van der Waals surface area contributed by atoms with Crippen LogP contribution >= 0.6 is 0 Å². The van der Waals surface area contributed by atoms with Gasteiger partial charge >= 0.3 is 0 Å². The summed E-state index contributed by atoms with van der Waals surface area (Å²) in [7, 11) is 0. The van der Waals surface area contributed by atoms with E-state index in [0.717, 1.165) is 78.0 Å². The van der Waals surface area contributed by atoms with Gasteiger partial charge < -0.3 is 43.4 Å².